The summed E-state index contributed by atoms with van der Waals surface area (Å²) in [6, 6.07) is 17.1. The Balaban J connectivity index is 1.26. The molecule has 2 heterocycles. The molecule has 1 fully saturated rings. The average molecular weight is 411 g/mol. The Morgan fingerprint density at radius 2 is 1.97 bits per heavy atom. The van der Waals surface area contributed by atoms with Gasteiger partial charge in [0.2, 0.25) is 11.1 Å². The minimum absolute atomic E-state index is 0.0261. The number of nitrogens with one attached hydrogen (secondary N) is 1. The van der Waals surface area contributed by atoms with Crippen LogP contribution >= 0.6 is 11.8 Å². The van der Waals surface area contributed by atoms with Crippen molar-refractivity contribution >= 4 is 17.7 Å². The number of thioether (sulfide) groups is 1. The van der Waals surface area contributed by atoms with Gasteiger partial charge in [0.1, 0.15) is 5.75 Å². The number of benzene rings is 2. The van der Waals surface area contributed by atoms with E-state index < -0.39 is 0 Å². The lowest BCUT2D eigenvalue weighted by atomic mass is 10.2. The van der Waals surface area contributed by atoms with Gasteiger partial charge >= 0.3 is 0 Å². The molecule has 0 aliphatic carbocycles. The molecule has 2 aromatic carbocycles. The van der Waals surface area contributed by atoms with Crippen molar-refractivity contribution in [2.75, 3.05) is 18.8 Å². The molecule has 0 radical (unpaired) electrons. The summed E-state index contributed by atoms with van der Waals surface area (Å²) in [4.78, 5) is 14.8. The van der Waals surface area contributed by atoms with Gasteiger partial charge in [-0.2, -0.15) is 4.68 Å². The van der Waals surface area contributed by atoms with E-state index in [4.69, 9.17) is 0 Å². The summed E-state index contributed by atoms with van der Waals surface area (Å²) in [6.45, 7) is 2.74. The van der Waals surface area contributed by atoms with E-state index in [1.807, 2.05) is 18.2 Å². The summed E-state index contributed by atoms with van der Waals surface area (Å²) in [7, 11) is 0. The summed E-state index contributed by atoms with van der Waals surface area (Å²) in [5, 5.41) is 24.7. The van der Waals surface area contributed by atoms with E-state index in [0.717, 1.165) is 31.7 Å². The zero-order valence-electron chi connectivity index (χ0n) is 15.8. The van der Waals surface area contributed by atoms with Crippen molar-refractivity contribution in [1.29, 1.82) is 0 Å². The van der Waals surface area contributed by atoms with Gasteiger partial charge in [-0.25, -0.2) is 0 Å². The number of tetrazole rings is 1. The zero-order chi connectivity index (χ0) is 20.1. The van der Waals surface area contributed by atoms with Crippen LogP contribution in [0.2, 0.25) is 0 Å². The van der Waals surface area contributed by atoms with Gasteiger partial charge in [0.15, 0.2) is 0 Å². The molecule has 1 saturated heterocycles. The molecule has 4 rings (SSSR count). The molecule has 8 nitrogen and oxygen atoms in total. The number of rotatable bonds is 7. The van der Waals surface area contributed by atoms with Gasteiger partial charge in [0.25, 0.3) is 0 Å². The minimum atomic E-state index is -0.0261. The molecule has 1 atom stereocenters. The fourth-order valence-electron chi connectivity index (χ4n) is 3.36. The summed E-state index contributed by atoms with van der Waals surface area (Å²) in [5.74, 6) is 0.392. The summed E-state index contributed by atoms with van der Waals surface area (Å²) in [6.07, 6.45) is 0.953. The number of carbonyl (C=O) groups excluding carboxylic acids is 1. The number of hydrogen-bond donors (Lipinski definition) is 2. The number of phenolic OH excluding ortho intramolecular Hbond substituents is 1. The molecule has 0 saturated carbocycles. The number of phenols is 1. The van der Waals surface area contributed by atoms with Crippen LogP contribution in [-0.4, -0.2) is 61.0 Å². The van der Waals surface area contributed by atoms with E-state index in [1.165, 1.54) is 17.3 Å². The normalized spacial score (nSPS) is 16.8. The van der Waals surface area contributed by atoms with Gasteiger partial charge < -0.3 is 10.4 Å². The number of carbonyl (C=O) groups is 1. The highest BCUT2D eigenvalue weighted by atomic mass is 32.2. The summed E-state index contributed by atoms with van der Waals surface area (Å²) in [5.41, 5.74) is 2.01. The van der Waals surface area contributed by atoms with E-state index in [0.29, 0.717) is 5.16 Å². The highest BCUT2D eigenvalue weighted by Gasteiger charge is 2.24. The van der Waals surface area contributed by atoms with Crippen molar-refractivity contribution in [3.8, 4) is 11.4 Å². The predicted octanol–water partition coefficient (Wildman–Crippen LogP) is 1.85. The van der Waals surface area contributed by atoms with Gasteiger partial charge in [-0.3, -0.25) is 9.69 Å². The van der Waals surface area contributed by atoms with Gasteiger partial charge in [0.05, 0.1) is 11.4 Å². The Kier molecular flexibility index (Phi) is 6.06. The van der Waals surface area contributed by atoms with E-state index in [-0.39, 0.29) is 23.5 Å². The molecule has 3 aromatic rings. The van der Waals surface area contributed by atoms with Crippen LogP contribution in [0.5, 0.6) is 5.75 Å². The van der Waals surface area contributed by atoms with Crippen molar-refractivity contribution in [3.05, 3.63) is 60.2 Å². The maximum Gasteiger partial charge on any atom is 0.230 e. The zero-order valence-corrected chi connectivity index (χ0v) is 16.6. The van der Waals surface area contributed by atoms with Crippen molar-refractivity contribution in [1.82, 2.24) is 30.4 Å². The van der Waals surface area contributed by atoms with E-state index >= 15 is 0 Å². The molecular formula is C20H22N6O2S. The Bertz CT molecular complexity index is 947. The molecule has 0 unspecified atom stereocenters. The van der Waals surface area contributed by atoms with E-state index in [2.05, 4.69) is 37.9 Å². The molecule has 0 spiro atoms. The standard InChI is InChI=1S/C20H22N6O2S/c27-18-8-6-17(7-9-18)26-20(22-23-24-26)29-14-19(28)21-16-10-11-25(13-16)12-15-4-2-1-3-5-15/h1-9,16,27H,10-14H2,(H,21,28)/t16-/m0/s1. The van der Waals surface area contributed by atoms with E-state index in [9.17, 15) is 9.90 Å². The second-order valence-electron chi connectivity index (χ2n) is 6.95. The lowest BCUT2D eigenvalue weighted by molar-refractivity contribution is -0.119. The molecule has 9 heteroatoms. The molecule has 1 aromatic heterocycles. The molecule has 1 amide bonds. The molecule has 29 heavy (non-hydrogen) atoms. The summed E-state index contributed by atoms with van der Waals surface area (Å²) >= 11 is 1.29. The van der Waals surface area contributed by atoms with Crippen molar-refractivity contribution in [3.63, 3.8) is 0 Å². The van der Waals surface area contributed by atoms with Gasteiger partial charge in [-0.05, 0) is 46.7 Å². The van der Waals surface area contributed by atoms with Crippen LogP contribution in [0, 0.1) is 0 Å². The van der Waals surface area contributed by atoms with Crippen LogP contribution in [-0.2, 0) is 11.3 Å². The van der Waals surface area contributed by atoms with Gasteiger partial charge in [0, 0.05) is 25.7 Å². The maximum atomic E-state index is 12.4. The highest BCUT2D eigenvalue weighted by Crippen LogP contribution is 2.20. The van der Waals surface area contributed by atoms with Crippen LogP contribution in [0.1, 0.15) is 12.0 Å². The molecule has 1 aliphatic heterocycles. The fraction of sp³-hybridized carbons (Fsp3) is 0.300. The Morgan fingerprint density at radius 1 is 1.17 bits per heavy atom. The second kappa shape index (κ2) is 9.06. The van der Waals surface area contributed by atoms with Crippen molar-refractivity contribution in [2.24, 2.45) is 0 Å². The third-order valence-electron chi connectivity index (χ3n) is 4.75. The Morgan fingerprint density at radius 3 is 2.76 bits per heavy atom. The first-order valence-corrected chi connectivity index (χ1v) is 10.4. The van der Waals surface area contributed by atoms with E-state index in [1.54, 1.807) is 28.9 Å². The number of aromatic nitrogens is 4. The first-order chi connectivity index (χ1) is 14.2. The van der Waals surface area contributed by atoms with Crippen molar-refractivity contribution < 1.29 is 9.90 Å². The number of aromatic hydroxyl groups is 1. The fourth-order valence-corrected chi connectivity index (χ4v) is 4.06. The van der Waals surface area contributed by atoms with Crippen LogP contribution in [0.3, 0.4) is 0 Å². The monoisotopic (exact) mass is 410 g/mol. The quantitative estimate of drug-likeness (QED) is 0.574. The number of nitrogens with zero attached hydrogens (tertiary/aromatic N) is 5. The predicted molar refractivity (Wildman–Crippen MR) is 110 cm³/mol. The molecular weight excluding hydrogens is 388 g/mol. The van der Waals surface area contributed by atoms with Crippen molar-refractivity contribution in [2.45, 2.75) is 24.2 Å². The molecule has 2 N–H and O–H groups in total. The number of amides is 1. The largest absolute Gasteiger partial charge is 0.508 e. The molecule has 1 aliphatic rings. The van der Waals surface area contributed by atoms with Gasteiger partial charge in [-0.15, -0.1) is 5.10 Å². The lowest BCUT2D eigenvalue weighted by Gasteiger charge is -2.16. The smallest absolute Gasteiger partial charge is 0.230 e. The third kappa shape index (κ3) is 5.12. The number of hydrogen-bond acceptors (Lipinski definition) is 7. The Hall–Kier alpha value is -2.91. The van der Waals surface area contributed by atoms with Crippen LogP contribution in [0.25, 0.3) is 5.69 Å². The van der Waals surface area contributed by atoms with Gasteiger partial charge in [-0.1, -0.05) is 42.1 Å². The van der Waals surface area contributed by atoms with Crippen LogP contribution in [0.15, 0.2) is 59.8 Å². The second-order valence-corrected chi connectivity index (χ2v) is 7.89. The first kappa shape index (κ1) is 19.4. The first-order valence-electron chi connectivity index (χ1n) is 9.43. The third-order valence-corrected chi connectivity index (χ3v) is 5.67. The molecule has 0 bridgehead atoms. The number of likely N-dealkylation sites (tertiary alicyclic amines) is 1. The lowest BCUT2D eigenvalue weighted by Crippen LogP contribution is -2.38. The van der Waals surface area contributed by atoms with Crippen LogP contribution < -0.4 is 5.32 Å². The maximum absolute atomic E-state index is 12.4. The summed E-state index contributed by atoms with van der Waals surface area (Å²) < 4.78 is 1.55. The minimum Gasteiger partial charge on any atom is -0.508 e. The van der Waals surface area contributed by atoms with Crippen LogP contribution in [0.4, 0.5) is 0 Å². The highest BCUT2D eigenvalue weighted by molar-refractivity contribution is 7.99. The average Bonchev–Trinajstić information content (AvgIpc) is 3.37. The Labute approximate surface area is 172 Å². The SMILES string of the molecule is O=C(CSc1nnnn1-c1ccc(O)cc1)N[C@H]1CCN(Cc2ccccc2)C1. The molecule has 150 valence electrons. The topological polar surface area (TPSA) is 96.2 Å².